The van der Waals surface area contributed by atoms with E-state index in [4.69, 9.17) is 12.2 Å². The molecule has 1 aliphatic rings. The minimum atomic E-state index is -0.586. The van der Waals surface area contributed by atoms with Crippen molar-refractivity contribution in [1.82, 2.24) is 5.32 Å². The van der Waals surface area contributed by atoms with Crippen LogP contribution in [0.5, 0.6) is 0 Å². The third-order valence-corrected chi connectivity index (χ3v) is 1.59. The maximum Gasteiger partial charge on any atom is 0.240 e. The molecule has 1 fully saturated rings. The highest BCUT2D eigenvalue weighted by atomic mass is 16.2. The Kier molecular flexibility index (Phi) is 1.64. The number of carbonyl (C=O) groups is 1. The summed E-state index contributed by atoms with van der Waals surface area (Å²) in [5.74, 6) is 2.19. The van der Waals surface area contributed by atoms with Crippen LogP contribution in [0.2, 0.25) is 0 Å². The summed E-state index contributed by atoms with van der Waals surface area (Å²) in [7, 11) is 0. The smallest absolute Gasteiger partial charge is 0.240 e. The summed E-state index contributed by atoms with van der Waals surface area (Å²) in [5.41, 5.74) is 4.96. The van der Waals surface area contributed by atoms with E-state index in [1.165, 1.54) is 0 Å². The zero-order chi connectivity index (χ0) is 7.61. The first kappa shape index (κ1) is 7.10. The molecule has 3 nitrogen and oxygen atoms in total. The lowest BCUT2D eigenvalue weighted by Gasteiger charge is -2.06. The first-order valence-corrected chi connectivity index (χ1v) is 3.20. The van der Waals surface area contributed by atoms with Crippen molar-refractivity contribution in [1.29, 1.82) is 0 Å². The Labute approximate surface area is 60.0 Å². The van der Waals surface area contributed by atoms with E-state index in [1.807, 2.05) is 0 Å². The summed E-state index contributed by atoms with van der Waals surface area (Å²) >= 11 is 0. The van der Waals surface area contributed by atoms with Gasteiger partial charge in [0.25, 0.3) is 0 Å². The van der Waals surface area contributed by atoms with Crippen LogP contribution in [0.4, 0.5) is 0 Å². The highest BCUT2D eigenvalue weighted by molar-refractivity contribution is 5.89. The van der Waals surface area contributed by atoms with Gasteiger partial charge in [0.15, 0.2) is 0 Å². The van der Waals surface area contributed by atoms with Crippen molar-refractivity contribution in [2.45, 2.75) is 18.4 Å². The lowest BCUT2D eigenvalue weighted by Crippen LogP contribution is -2.42. The Bertz CT molecular complexity index is 188. The van der Waals surface area contributed by atoms with Gasteiger partial charge in [-0.3, -0.25) is 4.79 Å². The maximum absolute atomic E-state index is 11.0. The number of hydrogen-bond acceptors (Lipinski definition) is 2. The maximum atomic E-state index is 11.0. The number of nitrogens with two attached hydrogens (primary N) is 1. The molecule has 0 atom stereocenters. The van der Waals surface area contributed by atoms with Crippen LogP contribution < -0.4 is 11.1 Å². The van der Waals surface area contributed by atoms with E-state index >= 15 is 0 Å². The van der Waals surface area contributed by atoms with E-state index < -0.39 is 5.54 Å². The quantitative estimate of drug-likeness (QED) is 0.492. The van der Waals surface area contributed by atoms with Gasteiger partial charge in [0, 0.05) is 0 Å². The Morgan fingerprint density at radius 1 is 1.80 bits per heavy atom. The van der Waals surface area contributed by atoms with E-state index in [0.717, 1.165) is 12.8 Å². The Balaban J connectivity index is 2.30. The molecular weight excluding hydrogens is 128 g/mol. The van der Waals surface area contributed by atoms with E-state index in [-0.39, 0.29) is 12.5 Å². The lowest BCUT2D eigenvalue weighted by molar-refractivity contribution is -0.122. The molecule has 10 heavy (non-hydrogen) atoms. The molecule has 3 heteroatoms. The molecule has 1 saturated carbocycles. The molecule has 0 aromatic heterocycles. The Morgan fingerprint density at radius 2 is 2.40 bits per heavy atom. The van der Waals surface area contributed by atoms with Crippen LogP contribution in [0.3, 0.4) is 0 Å². The molecule has 0 aliphatic heterocycles. The number of terminal acetylenes is 1. The van der Waals surface area contributed by atoms with Crippen molar-refractivity contribution in [3.05, 3.63) is 0 Å². The molecule has 1 aliphatic carbocycles. The normalized spacial score (nSPS) is 19.2. The summed E-state index contributed by atoms with van der Waals surface area (Å²) in [5, 5.41) is 2.53. The van der Waals surface area contributed by atoms with Gasteiger partial charge in [0.1, 0.15) is 0 Å². The number of hydrogen-bond donors (Lipinski definition) is 2. The van der Waals surface area contributed by atoms with Crippen LogP contribution >= 0.6 is 0 Å². The van der Waals surface area contributed by atoms with Crippen LogP contribution in [-0.2, 0) is 4.79 Å². The summed E-state index contributed by atoms with van der Waals surface area (Å²) in [6.45, 7) is 0.276. The van der Waals surface area contributed by atoms with Crippen LogP contribution in [-0.4, -0.2) is 18.0 Å². The van der Waals surface area contributed by atoms with Crippen LogP contribution in [0, 0.1) is 12.3 Å². The molecule has 54 valence electrons. The summed E-state index contributed by atoms with van der Waals surface area (Å²) in [6, 6.07) is 0. The van der Waals surface area contributed by atoms with Crippen LogP contribution in [0.1, 0.15) is 12.8 Å². The molecule has 0 radical (unpaired) electrons. The standard InChI is InChI=1S/C7H10N2O/c1-2-5-9-6(10)7(8)3-4-7/h1H,3-5,8H2,(H,9,10). The summed E-state index contributed by atoms with van der Waals surface area (Å²) in [4.78, 5) is 11.0. The predicted molar refractivity (Wildman–Crippen MR) is 38.0 cm³/mol. The molecule has 0 aromatic rings. The van der Waals surface area contributed by atoms with Gasteiger partial charge in [-0.05, 0) is 12.8 Å². The van der Waals surface area contributed by atoms with Crippen molar-refractivity contribution in [3.8, 4) is 12.3 Å². The lowest BCUT2D eigenvalue weighted by atomic mass is 10.3. The van der Waals surface area contributed by atoms with Gasteiger partial charge in [-0.25, -0.2) is 0 Å². The second kappa shape index (κ2) is 2.31. The topological polar surface area (TPSA) is 55.1 Å². The monoisotopic (exact) mass is 138 g/mol. The average Bonchev–Trinajstić information content (AvgIpc) is 2.64. The number of carbonyl (C=O) groups excluding carboxylic acids is 1. The van der Waals surface area contributed by atoms with Gasteiger partial charge in [-0.2, -0.15) is 0 Å². The van der Waals surface area contributed by atoms with Crippen molar-refractivity contribution >= 4 is 5.91 Å². The highest BCUT2D eigenvalue weighted by Crippen LogP contribution is 2.31. The van der Waals surface area contributed by atoms with Crippen molar-refractivity contribution in [3.63, 3.8) is 0 Å². The number of rotatable bonds is 2. The molecular formula is C7H10N2O. The molecule has 3 N–H and O–H groups in total. The van der Waals surface area contributed by atoms with Gasteiger partial charge in [-0.1, -0.05) is 5.92 Å². The second-order valence-electron chi connectivity index (χ2n) is 2.54. The van der Waals surface area contributed by atoms with Crippen LogP contribution in [0.15, 0.2) is 0 Å². The van der Waals surface area contributed by atoms with Gasteiger partial charge in [0.2, 0.25) is 5.91 Å². The molecule has 1 amide bonds. The van der Waals surface area contributed by atoms with Gasteiger partial charge in [0.05, 0.1) is 12.1 Å². The fraction of sp³-hybridized carbons (Fsp3) is 0.571. The van der Waals surface area contributed by atoms with Crippen LogP contribution in [0.25, 0.3) is 0 Å². The summed E-state index contributed by atoms with van der Waals surface area (Å²) in [6.07, 6.45) is 6.50. The number of nitrogens with one attached hydrogen (secondary N) is 1. The molecule has 0 spiro atoms. The zero-order valence-corrected chi connectivity index (χ0v) is 5.68. The first-order valence-electron chi connectivity index (χ1n) is 3.20. The molecule has 0 saturated heterocycles. The SMILES string of the molecule is C#CCNC(=O)C1(N)CC1. The zero-order valence-electron chi connectivity index (χ0n) is 5.68. The molecule has 1 rings (SSSR count). The fourth-order valence-electron chi connectivity index (χ4n) is 0.669. The average molecular weight is 138 g/mol. The second-order valence-corrected chi connectivity index (χ2v) is 2.54. The number of amides is 1. The van der Waals surface area contributed by atoms with E-state index in [9.17, 15) is 4.79 Å². The molecule has 0 unspecified atom stereocenters. The minimum Gasteiger partial charge on any atom is -0.344 e. The van der Waals surface area contributed by atoms with E-state index in [0.29, 0.717) is 0 Å². The largest absolute Gasteiger partial charge is 0.344 e. The van der Waals surface area contributed by atoms with Gasteiger partial charge < -0.3 is 11.1 Å². The molecule has 0 heterocycles. The predicted octanol–water partition coefficient (Wildman–Crippen LogP) is -0.773. The fourth-order valence-corrected chi connectivity index (χ4v) is 0.669. The first-order chi connectivity index (χ1) is 4.69. The Morgan fingerprint density at radius 3 is 2.80 bits per heavy atom. The third kappa shape index (κ3) is 1.28. The molecule has 0 aromatic carbocycles. The minimum absolute atomic E-state index is 0.120. The van der Waals surface area contributed by atoms with Crippen molar-refractivity contribution < 1.29 is 4.79 Å². The summed E-state index contributed by atoms with van der Waals surface area (Å²) < 4.78 is 0. The van der Waals surface area contributed by atoms with Gasteiger partial charge >= 0.3 is 0 Å². The highest BCUT2D eigenvalue weighted by Gasteiger charge is 2.45. The van der Waals surface area contributed by atoms with E-state index in [1.54, 1.807) is 0 Å². The van der Waals surface area contributed by atoms with Crippen molar-refractivity contribution in [2.75, 3.05) is 6.54 Å². The third-order valence-electron chi connectivity index (χ3n) is 1.59. The van der Waals surface area contributed by atoms with E-state index in [2.05, 4.69) is 11.2 Å². The Hall–Kier alpha value is -1.01. The van der Waals surface area contributed by atoms with Gasteiger partial charge in [-0.15, -0.1) is 6.42 Å². The van der Waals surface area contributed by atoms with Crippen molar-refractivity contribution in [2.24, 2.45) is 5.73 Å². The molecule has 0 bridgehead atoms.